The molecule has 0 saturated carbocycles. The lowest BCUT2D eigenvalue weighted by Gasteiger charge is -2.39. The molecule has 1 unspecified atom stereocenters. The van der Waals surface area contributed by atoms with Crippen LogP contribution in [0, 0.1) is 10.1 Å². The van der Waals surface area contributed by atoms with Gasteiger partial charge >= 0.3 is 0 Å². The Morgan fingerprint density at radius 3 is 2.26 bits per heavy atom. The van der Waals surface area contributed by atoms with Crippen molar-refractivity contribution >= 4 is 23.2 Å². The number of nitro benzene ring substituents is 1. The Labute approximate surface area is 181 Å². The zero-order valence-corrected chi connectivity index (χ0v) is 17.7. The summed E-state index contributed by atoms with van der Waals surface area (Å²) in [6.45, 7) is 5.69. The first-order valence-electron chi connectivity index (χ1n) is 10.2. The molecule has 3 N–H and O–H groups in total. The fourth-order valence-corrected chi connectivity index (χ4v) is 3.84. The number of nitrogens with one attached hydrogen (secondary N) is 1. The van der Waals surface area contributed by atoms with Crippen molar-refractivity contribution in [3.8, 4) is 0 Å². The van der Waals surface area contributed by atoms with Crippen LogP contribution >= 0.6 is 0 Å². The van der Waals surface area contributed by atoms with Crippen LogP contribution in [0.4, 0.5) is 11.4 Å². The summed E-state index contributed by atoms with van der Waals surface area (Å²) in [5.41, 5.74) is 7.09. The number of piperazine rings is 1. The molecule has 1 aliphatic rings. The van der Waals surface area contributed by atoms with Gasteiger partial charge in [-0.15, -0.1) is 0 Å². The molecule has 2 aromatic carbocycles. The van der Waals surface area contributed by atoms with Crippen molar-refractivity contribution in [3.05, 3.63) is 69.8 Å². The molecule has 0 aromatic heterocycles. The van der Waals surface area contributed by atoms with Gasteiger partial charge in [-0.2, -0.15) is 0 Å². The van der Waals surface area contributed by atoms with Gasteiger partial charge in [-0.05, 0) is 31.5 Å². The molecule has 3 rings (SSSR count). The van der Waals surface area contributed by atoms with E-state index in [-0.39, 0.29) is 23.2 Å². The van der Waals surface area contributed by atoms with Crippen LogP contribution in [0.3, 0.4) is 0 Å². The molecular formula is C22H27N5O4. The minimum absolute atomic E-state index is 0.0675. The molecule has 0 radical (unpaired) electrons. The first-order chi connectivity index (χ1) is 14.8. The Morgan fingerprint density at radius 2 is 1.71 bits per heavy atom. The lowest BCUT2D eigenvalue weighted by atomic mass is 10.0. The van der Waals surface area contributed by atoms with Gasteiger partial charge in [-0.25, -0.2) is 0 Å². The highest BCUT2D eigenvalue weighted by Gasteiger charge is 2.31. The molecule has 0 bridgehead atoms. The zero-order valence-electron chi connectivity index (χ0n) is 17.7. The highest BCUT2D eigenvalue weighted by Crippen LogP contribution is 2.31. The monoisotopic (exact) mass is 425 g/mol. The highest BCUT2D eigenvalue weighted by molar-refractivity contribution is 5.96. The molecule has 1 fully saturated rings. The summed E-state index contributed by atoms with van der Waals surface area (Å²) in [5.74, 6) is -0.771. The number of anilines is 1. The molecule has 0 aliphatic carbocycles. The lowest BCUT2D eigenvalue weighted by Crippen LogP contribution is -2.50. The second kappa shape index (κ2) is 9.57. The zero-order chi connectivity index (χ0) is 22.5. The molecule has 9 heteroatoms. The maximum absolute atomic E-state index is 12.2. The third-order valence-corrected chi connectivity index (χ3v) is 5.26. The molecule has 31 heavy (non-hydrogen) atoms. The van der Waals surface area contributed by atoms with E-state index >= 15 is 0 Å². The van der Waals surface area contributed by atoms with E-state index < -0.39 is 16.9 Å². The smallest absolute Gasteiger partial charge is 0.293 e. The van der Waals surface area contributed by atoms with Crippen molar-refractivity contribution in [1.82, 2.24) is 10.2 Å². The van der Waals surface area contributed by atoms with Crippen LogP contribution in [-0.4, -0.2) is 53.9 Å². The molecule has 164 valence electrons. The minimum atomic E-state index is -0.541. The van der Waals surface area contributed by atoms with Crippen molar-refractivity contribution in [2.75, 3.05) is 31.1 Å². The Balaban J connectivity index is 1.77. The summed E-state index contributed by atoms with van der Waals surface area (Å²) < 4.78 is 0. The van der Waals surface area contributed by atoms with Gasteiger partial charge < -0.3 is 16.0 Å². The molecule has 2 aromatic rings. The number of amides is 2. The number of carbonyl (C=O) groups is 2. The topological polar surface area (TPSA) is 122 Å². The maximum atomic E-state index is 12.2. The second-order valence-electron chi connectivity index (χ2n) is 7.83. The number of nitrogens with zero attached hydrogens (tertiary/aromatic N) is 3. The molecule has 1 heterocycles. The Morgan fingerprint density at radius 1 is 1.06 bits per heavy atom. The number of hydrogen-bond acceptors (Lipinski definition) is 6. The highest BCUT2D eigenvalue weighted by atomic mass is 16.6. The van der Waals surface area contributed by atoms with Gasteiger partial charge in [0.1, 0.15) is 11.7 Å². The molecular weight excluding hydrogens is 398 g/mol. The average Bonchev–Trinajstić information content (AvgIpc) is 2.74. The molecule has 2 amide bonds. The van der Waals surface area contributed by atoms with E-state index in [1.165, 1.54) is 6.07 Å². The third kappa shape index (κ3) is 5.18. The van der Waals surface area contributed by atoms with Crippen molar-refractivity contribution in [1.29, 1.82) is 0 Å². The predicted molar refractivity (Wildman–Crippen MR) is 118 cm³/mol. The molecule has 0 spiro atoms. The number of hydrogen-bond donors (Lipinski definition) is 2. The summed E-state index contributed by atoms with van der Waals surface area (Å²) in [6, 6.07) is 13.3. The van der Waals surface area contributed by atoms with E-state index in [1.54, 1.807) is 12.1 Å². The fourth-order valence-electron chi connectivity index (χ4n) is 3.84. The number of benzene rings is 2. The van der Waals surface area contributed by atoms with E-state index in [4.69, 9.17) is 5.73 Å². The third-order valence-electron chi connectivity index (χ3n) is 5.26. The van der Waals surface area contributed by atoms with Gasteiger partial charge in [-0.1, -0.05) is 30.3 Å². The minimum Gasteiger partial charge on any atom is -0.368 e. The standard InChI is InChI=1S/C22H27N5O4/c1-15(2)24-22(29)17-8-9-18(19(14-17)27(30)31)25-10-12-26(13-11-25)20(21(23)28)16-6-4-3-5-7-16/h3-9,14-15,20H,10-13H2,1-2H3,(H2,23,28)(H,24,29). The van der Waals surface area contributed by atoms with Crippen LogP contribution in [0.1, 0.15) is 35.8 Å². The Bertz CT molecular complexity index is 956. The van der Waals surface area contributed by atoms with Crippen LogP contribution < -0.4 is 16.0 Å². The largest absolute Gasteiger partial charge is 0.368 e. The van der Waals surface area contributed by atoms with Crippen LogP contribution in [0.5, 0.6) is 0 Å². The predicted octanol–water partition coefficient (Wildman–Crippen LogP) is 2.08. The average molecular weight is 425 g/mol. The lowest BCUT2D eigenvalue weighted by molar-refractivity contribution is -0.384. The van der Waals surface area contributed by atoms with E-state index in [2.05, 4.69) is 5.32 Å². The van der Waals surface area contributed by atoms with Crippen LogP contribution in [0.2, 0.25) is 0 Å². The molecule has 1 saturated heterocycles. The van der Waals surface area contributed by atoms with Gasteiger partial charge in [0.25, 0.3) is 11.6 Å². The summed E-state index contributed by atoms with van der Waals surface area (Å²) >= 11 is 0. The first-order valence-corrected chi connectivity index (χ1v) is 10.2. The number of carbonyl (C=O) groups excluding carboxylic acids is 2. The Hall–Kier alpha value is -3.46. The number of primary amides is 1. The SMILES string of the molecule is CC(C)NC(=O)c1ccc(N2CCN(C(C(N)=O)c3ccccc3)CC2)c([N+](=O)[O-])c1. The van der Waals surface area contributed by atoms with Crippen molar-refractivity contribution in [2.45, 2.75) is 25.9 Å². The van der Waals surface area contributed by atoms with Crippen molar-refractivity contribution in [2.24, 2.45) is 5.73 Å². The normalized spacial score (nSPS) is 15.5. The van der Waals surface area contributed by atoms with Crippen LogP contribution in [0.25, 0.3) is 0 Å². The van der Waals surface area contributed by atoms with Crippen molar-refractivity contribution in [3.63, 3.8) is 0 Å². The molecule has 1 aliphatic heterocycles. The Kier molecular flexibility index (Phi) is 6.86. The summed E-state index contributed by atoms with van der Waals surface area (Å²) in [7, 11) is 0. The van der Waals surface area contributed by atoms with Gasteiger partial charge in [0.15, 0.2) is 0 Å². The maximum Gasteiger partial charge on any atom is 0.293 e. The summed E-state index contributed by atoms with van der Waals surface area (Å²) in [6.07, 6.45) is 0. The number of nitro groups is 1. The van der Waals surface area contributed by atoms with Crippen LogP contribution in [0.15, 0.2) is 48.5 Å². The van der Waals surface area contributed by atoms with Gasteiger partial charge in [0.2, 0.25) is 5.91 Å². The first kappa shape index (κ1) is 22.2. The van der Waals surface area contributed by atoms with E-state index in [9.17, 15) is 19.7 Å². The summed E-state index contributed by atoms with van der Waals surface area (Å²) in [4.78, 5) is 39.5. The van der Waals surface area contributed by atoms with Gasteiger partial charge in [-0.3, -0.25) is 24.6 Å². The van der Waals surface area contributed by atoms with E-state index in [0.717, 1.165) is 5.56 Å². The van der Waals surface area contributed by atoms with E-state index in [0.29, 0.717) is 31.9 Å². The van der Waals surface area contributed by atoms with Crippen LogP contribution in [-0.2, 0) is 4.79 Å². The van der Waals surface area contributed by atoms with Crippen molar-refractivity contribution < 1.29 is 14.5 Å². The number of rotatable bonds is 7. The molecule has 1 atom stereocenters. The van der Waals surface area contributed by atoms with Gasteiger partial charge in [0, 0.05) is 43.9 Å². The second-order valence-corrected chi connectivity index (χ2v) is 7.83. The summed E-state index contributed by atoms with van der Waals surface area (Å²) in [5, 5.41) is 14.4. The quantitative estimate of drug-likeness (QED) is 0.517. The fraction of sp³-hybridized carbons (Fsp3) is 0.364. The number of nitrogens with two attached hydrogens (primary N) is 1. The molecule has 9 nitrogen and oxygen atoms in total. The van der Waals surface area contributed by atoms with E-state index in [1.807, 2.05) is 54.0 Å². The van der Waals surface area contributed by atoms with Gasteiger partial charge in [0.05, 0.1) is 4.92 Å².